The number of rotatable bonds is 3. The minimum atomic E-state index is -0.336. The van der Waals surface area contributed by atoms with Gasteiger partial charge in [0.2, 0.25) is 0 Å². The summed E-state index contributed by atoms with van der Waals surface area (Å²) in [5.74, 6) is 0.726. The summed E-state index contributed by atoms with van der Waals surface area (Å²) in [5.41, 5.74) is 7.04. The number of benzene rings is 1. The minimum Gasteiger partial charge on any atom is -0.399 e. The average molecular weight is 376 g/mol. The normalized spacial score (nSPS) is 22.2. The van der Waals surface area contributed by atoms with Crippen LogP contribution in [-0.4, -0.2) is 44.5 Å². The molecule has 144 valence electrons. The lowest BCUT2D eigenvalue weighted by Crippen LogP contribution is -2.46. The van der Waals surface area contributed by atoms with Crippen LogP contribution in [0.3, 0.4) is 0 Å². The van der Waals surface area contributed by atoms with Crippen molar-refractivity contribution in [2.45, 2.75) is 65.4 Å². The maximum absolute atomic E-state index is 6.42. The van der Waals surface area contributed by atoms with Crippen molar-refractivity contribution in [3.63, 3.8) is 0 Å². The summed E-state index contributed by atoms with van der Waals surface area (Å²) in [7, 11) is -0.333. The second kappa shape index (κ2) is 7.04. The van der Waals surface area contributed by atoms with Gasteiger partial charge in [0.1, 0.15) is 0 Å². The van der Waals surface area contributed by atoms with Gasteiger partial charge in [-0.3, -0.25) is 0 Å². The Morgan fingerprint density at radius 1 is 0.962 bits per heavy atom. The lowest BCUT2D eigenvalue weighted by molar-refractivity contribution is 0.00578. The maximum Gasteiger partial charge on any atom is 0.495 e. The first-order valence-electron chi connectivity index (χ1n) is 9.65. The van der Waals surface area contributed by atoms with E-state index in [0.29, 0.717) is 0 Å². The summed E-state index contributed by atoms with van der Waals surface area (Å²) < 4.78 is 12.8. The van der Waals surface area contributed by atoms with Gasteiger partial charge in [0.05, 0.1) is 11.2 Å². The van der Waals surface area contributed by atoms with E-state index in [0.717, 1.165) is 31.9 Å². The zero-order valence-corrected chi connectivity index (χ0v) is 18.2. The topological polar surface area (TPSA) is 33.7 Å². The summed E-state index contributed by atoms with van der Waals surface area (Å²) in [6.45, 7) is 19.2. The first-order chi connectivity index (χ1) is 12.1. The van der Waals surface area contributed by atoms with E-state index in [-0.39, 0.29) is 18.3 Å². The van der Waals surface area contributed by atoms with Crippen molar-refractivity contribution < 1.29 is 9.31 Å². The molecule has 0 atom stereocenters. The number of piperazine rings is 1. The standard InChI is InChI=1S/C20H33BN2O2S/c1-13-16(12-26)14(2)18(23-10-8-22-9-11-23)15(3)17(13)21-24-19(4,5)20(6,7)25-21/h22,26H,8-12H2,1-7H3. The molecule has 1 aromatic carbocycles. The van der Waals surface area contributed by atoms with E-state index in [4.69, 9.17) is 9.31 Å². The summed E-state index contributed by atoms with van der Waals surface area (Å²) in [4.78, 5) is 2.50. The highest BCUT2D eigenvalue weighted by Gasteiger charge is 2.52. The Balaban J connectivity index is 2.13. The van der Waals surface area contributed by atoms with Gasteiger partial charge in [-0.05, 0) is 76.2 Å². The van der Waals surface area contributed by atoms with Crippen LogP contribution in [0.1, 0.15) is 49.9 Å². The summed E-state index contributed by atoms with van der Waals surface area (Å²) >= 11 is 4.64. The minimum absolute atomic E-state index is 0.333. The van der Waals surface area contributed by atoms with Crippen molar-refractivity contribution in [1.29, 1.82) is 0 Å². The number of thiol groups is 1. The van der Waals surface area contributed by atoms with E-state index in [1.165, 1.54) is 33.4 Å². The molecule has 0 unspecified atom stereocenters. The molecule has 0 radical (unpaired) electrons. The summed E-state index contributed by atoms with van der Waals surface area (Å²) in [6.07, 6.45) is 0. The van der Waals surface area contributed by atoms with Crippen molar-refractivity contribution in [3.8, 4) is 0 Å². The van der Waals surface area contributed by atoms with E-state index in [1.807, 2.05) is 0 Å². The van der Waals surface area contributed by atoms with Gasteiger partial charge in [0.25, 0.3) is 0 Å². The molecule has 2 saturated heterocycles. The van der Waals surface area contributed by atoms with Crippen LogP contribution in [0.15, 0.2) is 0 Å². The monoisotopic (exact) mass is 376 g/mol. The molecule has 0 bridgehead atoms. The third kappa shape index (κ3) is 3.19. The van der Waals surface area contributed by atoms with Gasteiger partial charge in [-0.15, -0.1) is 0 Å². The van der Waals surface area contributed by atoms with Crippen LogP contribution in [-0.2, 0) is 15.1 Å². The Morgan fingerprint density at radius 3 is 2.00 bits per heavy atom. The van der Waals surface area contributed by atoms with Crippen molar-refractivity contribution >= 4 is 30.9 Å². The van der Waals surface area contributed by atoms with E-state index < -0.39 is 0 Å². The Hall–Kier alpha value is -0.685. The molecule has 2 aliphatic heterocycles. The molecule has 1 N–H and O–H groups in total. The molecule has 0 saturated carbocycles. The molecule has 0 spiro atoms. The molecule has 2 aliphatic rings. The fourth-order valence-corrected chi connectivity index (χ4v) is 4.67. The van der Waals surface area contributed by atoms with Crippen molar-refractivity contribution in [2.24, 2.45) is 0 Å². The van der Waals surface area contributed by atoms with Gasteiger partial charge in [0.15, 0.2) is 0 Å². The van der Waals surface area contributed by atoms with Crippen LogP contribution in [0.5, 0.6) is 0 Å². The van der Waals surface area contributed by atoms with Gasteiger partial charge in [-0.1, -0.05) is 0 Å². The fraction of sp³-hybridized carbons (Fsp3) is 0.700. The molecule has 26 heavy (non-hydrogen) atoms. The van der Waals surface area contributed by atoms with Crippen LogP contribution in [0, 0.1) is 20.8 Å². The highest BCUT2D eigenvalue weighted by atomic mass is 32.1. The Kier molecular flexibility index (Phi) is 5.44. The van der Waals surface area contributed by atoms with Gasteiger partial charge >= 0.3 is 7.12 Å². The highest BCUT2D eigenvalue weighted by molar-refractivity contribution is 7.79. The molecular formula is C20H33BN2O2S. The van der Waals surface area contributed by atoms with E-state index in [1.54, 1.807) is 0 Å². The quantitative estimate of drug-likeness (QED) is 0.628. The molecule has 0 aromatic heterocycles. The van der Waals surface area contributed by atoms with Gasteiger partial charge in [-0.2, -0.15) is 12.6 Å². The molecule has 0 amide bonds. The van der Waals surface area contributed by atoms with Crippen molar-refractivity contribution in [2.75, 3.05) is 31.1 Å². The van der Waals surface area contributed by atoms with Crippen LogP contribution < -0.4 is 15.7 Å². The Morgan fingerprint density at radius 2 is 1.50 bits per heavy atom. The molecule has 0 aliphatic carbocycles. The predicted octanol–water partition coefficient (Wildman–Crippen LogP) is 2.75. The zero-order chi connectivity index (χ0) is 19.3. The number of nitrogens with zero attached hydrogens (tertiary/aromatic N) is 1. The molecular weight excluding hydrogens is 343 g/mol. The Labute approximate surface area is 164 Å². The Bertz CT molecular complexity index is 684. The fourth-order valence-electron chi connectivity index (χ4n) is 4.19. The molecule has 6 heteroatoms. The second-order valence-corrected chi connectivity index (χ2v) is 8.92. The van der Waals surface area contributed by atoms with E-state index in [9.17, 15) is 0 Å². The first kappa shape index (κ1) is 20.1. The third-order valence-corrected chi connectivity index (χ3v) is 6.82. The van der Waals surface area contributed by atoms with E-state index >= 15 is 0 Å². The maximum atomic E-state index is 6.42. The summed E-state index contributed by atoms with van der Waals surface area (Å²) in [5, 5.41) is 3.45. The number of nitrogens with one attached hydrogen (secondary N) is 1. The predicted molar refractivity (Wildman–Crippen MR) is 114 cm³/mol. The van der Waals surface area contributed by atoms with Gasteiger partial charge in [0, 0.05) is 37.6 Å². The highest BCUT2D eigenvalue weighted by Crippen LogP contribution is 2.39. The van der Waals surface area contributed by atoms with Crippen LogP contribution in [0.2, 0.25) is 0 Å². The average Bonchev–Trinajstić information content (AvgIpc) is 2.76. The smallest absolute Gasteiger partial charge is 0.399 e. The van der Waals surface area contributed by atoms with E-state index in [2.05, 4.69) is 71.3 Å². The first-order valence-corrected chi connectivity index (χ1v) is 10.3. The van der Waals surface area contributed by atoms with Crippen LogP contribution in [0.4, 0.5) is 5.69 Å². The van der Waals surface area contributed by atoms with Gasteiger partial charge < -0.3 is 19.5 Å². The molecule has 4 nitrogen and oxygen atoms in total. The molecule has 2 heterocycles. The largest absolute Gasteiger partial charge is 0.495 e. The lowest BCUT2D eigenvalue weighted by atomic mass is 9.70. The summed E-state index contributed by atoms with van der Waals surface area (Å²) in [6, 6.07) is 0. The van der Waals surface area contributed by atoms with Crippen LogP contribution >= 0.6 is 12.6 Å². The molecule has 1 aromatic rings. The third-order valence-electron chi connectivity index (χ3n) is 6.50. The second-order valence-electron chi connectivity index (χ2n) is 8.60. The van der Waals surface area contributed by atoms with Crippen LogP contribution in [0.25, 0.3) is 0 Å². The zero-order valence-electron chi connectivity index (χ0n) is 17.3. The van der Waals surface area contributed by atoms with Crippen molar-refractivity contribution in [3.05, 3.63) is 22.3 Å². The number of hydrogen-bond donors (Lipinski definition) is 2. The number of anilines is 1. The number of hydrogen-bond acceptors (Lipinski definition) is 5. The molecule has 2 fully saturated rings. The molecule has 3 rings (SSSR count). The SMILES string of the molecule is Cc1c(CS)c(C)c(N2CCNCC2)c(C)c1B1OC(C)(C)C(C)(C)O1. The van der Waals surface area contributed by atoms with Gasteiger partial charge in [-0.25, -0.2) is 0 Å². The lowest BCUT2D eigenvalue weighted by Gasteiger charge is -2.34. The van der Waals surface area contributed by atoms with Crippen molar-refractivity contribution in [1.82, 2.24) is 5.32 Å².